The molecule has 0 radical (unpaired) electrons. The van der Waals surface area contributed by atoms with Crippen molar-refractivity contribution in [3.8, 4) is 0 Å². The van der Waals surface area contributed by atoms with Crippen LogP contribution in [0.25, 0.3) is 0 Å². The van der Waals surface area contributed by atoms with Crippen LogP contribution in [-0.2, 0) is 4.74 Å². The number of anilines is 1. The summed E-state index contributed by atoms with van der Waals surface area (Å²) in [5.41, 5.74) is 2.62. The summed E-state index contributed by atoms with van der Waals surface area (Å²) >= 11 is 3.05. The van der Waals surface area contributed by atoms with Crippen LogP contribution in [0, 0.1) is 0 Å². The third kappa shape index (κ3) is 2.23. The van der Waals surface area contributed by atoms with Gasteiger partial charge in [0.05, 0.1) is 11.1 Å². The molecule has 4 atom stereocenters. The molecule has 0 bridgehead atoms. The van der Waals surface area contributed by atoms with Crippen molar-refractivity contribution in [3.05, 3.63) is 21.2 Å². The summed E-state index contributed by atoms with van der Waals surface area (Å²) in [6.45, 7) is -2.08. The lowest BCUT2D eigenvalue weighted by molar-refractivity contribution is -0.138. The minimum absolute atomic E-state index is 0.0572. The number of aliphatic hydroxyl groups excluding tert-OH is 3. The minimum Gasteiger partial charge on any atom is -0.393 e. The number of aliphatic hydroxyl groups is 3. The lowest BCUT2D eigenvalue weighted by atomic mass is 9.98. The molecule has 0 aliphatic carbocycles. The fourth-order valence-corrected chi connectivity index (χ4v) is 2.30. The van der Waals surface area contributed by atoms with Gasteiger partial charge in [-0.15, -0.1) is 0 Å². The number of hydrogen-bond acceptors (Lipinski definition) is 7. The van der Waals surface area contributed by atoms with Crippen molar-refractivity contribution in [3.63, 3.8) is 0 Å². The summed E-state index contributed by atoms with van der Waals surface area (Å²) in [5, 5.41) is 28.9. The van der Waals surface area contributed by atoms with Crippen LogP contribution in [0.3, 0.4) is 0 Å². The predicted molar refractivity (Wildman–Crippen MR) is 68.5 cm³/mol. The smallest absolute Gasteiger partial charge is 0.351 e. The monoisotopic (exact) mass is 353 g/mol. The highest BCUT2D eigenvalue weighted by molar-refractivity contribution is 9.10. The van der Waals surface area contributed by atoms with Crippen LogP contribution < -0.4 is 11.4 Å². The maximum absolute atomic E-state index is 13.0. The highest BCUT2D eigenvalue weighted by Crippen LogP contribution is 2.37. The van der Waals surface area contributed by atoms with E-state index in [1.165, 1.54) is 6.20 Å². The van der Waals surface area contributed by atoms with Gasteiger partial charge in [-0.1, -0.05) is 0 Å². The number of alkyl halides is 1. The predicted octanol–water partition coefficient (Wildman–Crippen LogP) is -1.46. The Hall–Kier alpha value is -1.07. The van der Waals surface area contributed by atoms with Crippen LogP contribution in [0.1, 0.15) is 6.23 Å². The highest BCUT2D eigenvalue weighted by Gasteiger charge is 2.55. The van der Waals surface area contributed by atoms with E-state index in [4.69, 9.17) is 15.6 Å². The van der Waals surface area contributed by atoms with E-state index in [1.807, 2.05) is 0 Å². The molecule has 20 heavy (non-hydrogen) atoms. The van der Waals surface area contributed by atoms with Gasteiger partial charge < -0.3 is 25.8 Å². The third-order valence-corrected chi connectivity index (χ3v) is 3.82. The van der Waals surface area contributed by atoms with Crippen molar-refractivity contribution in [2.45, 2.75) is 24.0 Å². The first-order chi connectivity index (χ1) is 9.36. The molecule has 1 aromatic rings. The zero-order valence-corrected chi connectivity index (χ0v) is 11.7. The number of halogens is 2. The Labute approximate surface area is 120 Å². The first-order valence-corrected chi connectivity index (χ1v) is 6.40. The van der Waals surface area contributed by atoms with Gasteiger partial charge in [-0.2, -0.15) is 4.98 Å². The topological polar surface area (TPSA) is 131 Å². The van der Waals surface area contributed by atoms with Crippen molar-refractivity contribution in [1.29, 1.82) is 0 Å². The molecule has 0 saturated carbocycles. The molecule has 2 rings (SSSR count). The second-order valence-electron chi connectivity index (χ2n) is 4.46. The average molecular weight is 354 g/mol. The first kappa shape index (κ1) is 15.3. The summed E-state index contributed by atoms with van der Waals surface area (Å²) in [6.07, 6.45) is -3.47. The molecule has 0 spiro atoms. The largest absolute Gasteiger partial charge is 0.393 e. The molecule has 0 amide bonds. The molecule has 1 fully saturated rings. The zero-order valence-electron chi connectivity index (χ0n) is 10.1. The number of nitrogens with zero attached hydrogens (tertiary/aromatic N) is 2. The van der Waals surface area contributed by atoms with Crippen LogP contribution in [0.2, 0.25) is 0 Å². The standard InChI is InChI=1S/C10H13BrFN3O5/c11-4-1-15(9(19)14-7(4)13)8-5(17)6(18)10(2-12,3-16)20-8/h1,5-6,8,16-18H,2-3H2,(H2,13,14,19)/t5-,6+,8-,10-/m1/s1. The first-order valence-electron chi connectivity index (χ1n) is 5.61. The average Bonchev–Trinajstić information content (AvgIpc) is 2.68. The van der Waals surface area contributed by atoms with Crippen molar-refractivity contribution in [2.24, 2.45) is 0 Å². The molecule has 1 aliphatic heterocycles. The normalized spacial score (nSPS) is 33.5. The Balaban J connectivity index is 2.45. The molecular weight excluding hydrogens is 341 g/mol. The second kappa shape index (κ2) is 5.37. The molecule has 1 aliphatic rings. The molecule has 8 nitrogen and oxygen atoms in total. The number of hydrogen-bond donors (Lipinski definition) is 4. The van der Waals surface area contributed by atoms with E-state index >= 15 is 0 Å². The van der Waals surface area contributed by atoms with Crippen molar-refractivity contribution in [2.75, 3.05) is 19.0 Å². The fourth-order valence-electron chi connectivity index (χ4n) is 1.99. The zero-order chi connectivity index (χ0) is 15.1. The van der Waals surface area contributed by atoms with E-state index in [0.717, 1.165) is 4.57 Å². The Morgan fingerprint density at radius 2 is 2.25 bits per heavy atom. The summed E-state index contributed by atoms with van der Waals surface area (Å²) < 4.78 is 19.3. The maximum Gasteiger partial charge on any atom is 0.351 e. The van der Waals surface area contributed by atoms with Crippen LogP contribution in [0.4, 0.5) is 10.2 Å². The van der Waals surface area contributed by atoms with Gasteiger partial charge in [0.2, 0.25) is 0 Å². The fraction of sp³-hybridized carbons (Fsp3) is 0.600. The van der Waals surface area contributed by atoms with Gasteiger partial charge in [-0.25, -0.2) is 9.18 Å². The van der Waals surface area contributed by atoms with Crippen molar-refractivity contribution >= 4 is 21.7 Å². The van der Waals surface area contributed by atoms with Crippen molar-refractivity contribution in [1.82, 2.24) is 9.55 Å². The Morgan fingerprint density at radius 1 is 1.60 bits per heavy atom. The van der Waals surface area contributed by atoms with Gasteiger partial charge >= 0.3 is 5.69 Å². The highest BCUT2D eigenvalue weighted by atomic mass is 79.9. The van der Waals surface area contributed by atoms with Gasteiger partial charge in [0, 0.05) is 6.20 Å². The number of ether oxygens (including phenoxy) is 1. The second-order valence-corrected chi connectivity index (χ2v) is 5.32. The van der Waals surface area contributed by atoms with E-state index < -0.39 is 43.0 Å². The van der Waals surface area contributed by atoms with Gasteiger partial charge in [0.1, 0.15) is 24.7 Å². The van der Waals surface area contributed by atoms with E-state index in [1.54, 1.807) is 0 Å². The van der Waals surface area contributed by atoms with Crippen LogP contribution in [0.15, 0.2) is 15.5 Å². The summed E-state index contributed by atoms with van der Waals surface area (Å²) in [5.74, 6) is -0.0572. The maximum atomic E-state index is 13.0. The molecule has 112 valence electrons. The van der Waals surface area contributed by atoms with Crippen LogP contribution >= 0.6 is 15.9 Å². The van der Waals surface area contributed by atoms with Crippen LogP contribution in [-0.4, -0.2) is 56.0 Å². The van der Waals surface area contributed by atoms with Gasteiger partial charge in [-0.05, 0) is 15.9 Å². The summed E-state index contributed by atoms with van der Waals surface area (Å²) in [7, 11) is 0. The Morgan fingerprint density at radius 3 is 2.75 bits per heavy atom. The molecule has 1 aromatic heterocycles. The van der Waals surface area contributed by atoms with Gasteiger partial charge in [0.15, 0.2) is 11.8 Å². The number of aromatic nitrogens is 2. The molecule has 2 heterocycles. The lowest BCUT2D eigenvalue weighted by Gasteiger charge is -2.26. The SMILES string of the molecule is Nc1nc(=O)n([C@@H]2O[C@@](CO)(CF)[C@@H](O)[C@H]2O)cc1Br. The Kier molecular flexibility index (Phi) is 4.12. The van der Waals surface area contributed by atoms with Crippen molar-refractivity contribution < 1.29 is 24.4 Å². The number of nitrogens with two attached hydrogens (primary N) is 1. The summed E-state index contributed by atoms with van der Waals surface area (Å²) in [6, 6.07) is 0. The minimum atomic E-state index is -1.97. The number of nitrogen functional groups attached to an aromatic ring is 1. The van der Waals surface area contributed by atoms with Gasteiger partial charge in [0.25, 0.3) is 0 Å². The molecule has 10 heteroatoms. The van der Waals surface area contributed by atoms with Gasteiger partial charge in [-0.3, -0.25) is 4.57 Å². The number of rotatable bonds is 3. The molecule has 1 saturated heterocycles. The molecule has 0 unspecified atom stereocenters. The third-order valence-electron chi connectivity index (χ3n) is 3.21. The molecule has 0 aromatic carbocycles. The van der Waals surface area contributed by atoms with E-state index in [-0.39, 0.29) is 10.3 Å². The van der Waals surface area contributed by atoms with Crippen LogP contribution in [0.5, 0.6) is 0 Å². The molecule has 5 N–H and O–H groups in total. The quantitative estimate of drug-likeness (QED) is 0.522. The Bertz CT molecular complexity index is 564. The molecular formula is C10H13BrFN3O5. The lowest BCUT2D eigenvalue weighted by Crippen LogP contribution is -2.48. The summed E-state index contributed by atoms with van der Waals surface area (Å²) in [4.78, 5) is 15.2. The van der Waals surface area contributed by atoms with E-state index in [0.29, 0.717) is 0 Å². The van der Waals surface area contributed by atoms with E-state index in [2.05, 4.69) is 20.9 Å². The van der Waals surface area contributed by atoms with E-state index in [9.17, 15) is 19.4 Å².